The van der Waals surface area contributed by atoms with Crippen molar-refractivity contribution in [2.24, 2.45) is 0 Å². The van der Waals surface area contributed by atoms with Gasteiger partial charge in [-0.1, -0.05) is 11.3 Å². The van der Waals surface area contributed by atoms with Gasteiger partial charge < -0.3 is 10.1 Å². The maximum absolute atomic E-state index is 11.1. The molecule has 0 saturated carbocycles. The highest BCUT2D eigenvalue weighted by atomic mass is 32.1. The number of hydrogen-bond acceptors (Lipinski definition) is 6. The van der Waals surface area contributed by atoms with E-state index in [4.69, 9.17) is 12.2 Å². The van der Waals surface area contributed by atoms with Gasteiger partial charge in [0.2, 0.25) is 5.13 Å². The van der Waals surface area contributed by atoms with Crippen LogP contribution >= 0.6 is 23.6 Å². The second-order valence-corrected chi connectivity index (χ2v) is 3.97. The number of amides is 2. The Bertz CT molecular complexity index is 413. The van der Waals surface area contributed by atoms with Crippen LogP contribution in [-0.2, 0) is 9.53 Å². The van der Waals surface area contributed by atoms with Crippen LogP contribution in [0.5, 0.6) is 0 Å². The van der Waals surface area contributed by atoms with Crippen molar-refractivity contribution in [2.75, 3.05) is 19.0 Å². The minimum Gasteiger partial charge on any atom is -0.468 e. The van der Waals surface area contributed by atoms with Crippen LogP contribution in [0.3, 0.4) is 0 Å². The molecule has 0 fully saturated rings. The van der Waals surface area contributed by atoms with E-state index in [-0.39, 0.29) is 6.54 Å². The van der Waals surface area contributed by atoms with Crippen LogP contribution < -0.4 is 10.6 Å². The summed E-state index contributed by atoms with van der Waals surface area (Å²) >= 11 is 5.88. The Labute approximate surface area is 93.8 Å². The smallest absolute Gasteiger partial charge is 0.325 e. The number of H-pyrrole nitrogens is 1. The van der Waals surface area contributed by atoms with Crippen molar-refractivity contribution in [3.8, 4) is 0 Å². The lowest BCUT2D eigenvalue weighted by molar-refractivity contribution is -0.139. The molecular formula is C6H8N4O3S2. The van der Waals surface area contributed by atoms with Crippen molar-refractivity contribution in [2.45, 2.75) is 0 Å². The van der Waals surface area contributed by atoms with Gasteiger partial charge in [-0.3, -0.25) is 15.2 Å². The Balaban J connectivity index is 2.36. The van der Waals surface area contributed by atoms with Crippen LogP contribution in [0.15, 0.2) is 0 Å². The summed E-state index contributed by atoms with van der Waals surface area (Å²) in [4.78, 5) is 21.8. The number of aromatic nitrogens is 2. The van der Waals surface area contributed by atoms with E-state index in [1.807, 2.05) is 0 Å². The van der Waals surface area contributed by atoms with Crippen LogP contribution in [0, 0.1) is 3.95 Å². The number of carbonyl (C=O) groups excluding carboxylic acids is 2. The number of anilines is 1. The number of methoxy groups -OCH3 is 1. The summed E-state index contributed by atoms with van der Waals surface area (Å²) in [6.07, 6.45) is 0. The first-order chi connectivity index (χ1) is 7.11. The molecule has 0 aliphatic carbocycles. The lowest BCUT2D eigenvalue weighted by atomic mass is 10.6. The third-order valence-corrected chi connectivity index (χ3v) is 2.28. The largest absolute Gasteiger partial charge is 0.468 e. The molecule has 0 spiro atoms. The summed E-state index contributed by atoms with van der Waals surface area (Å²) in [5, 5.41) is 11.2. The molecule has 0 bridgehead atoms. The summed E-state index contributed by atoms with van der Waals surface area (Å²) in [6.45, 7) is -0.196. The van der Waals surface area contributed by atoms with Crippen LogP contribution in [0.2, 0.25) is 0 Å². The number of rotatable bonds is 3. The Morgan fingerprint density at radius 3 is 2.93 bits per heavy atom. The van der Waals surface area contributed by atoms with Crippen molar-refractivity contribution in [1.29, 1.82) is 0 Å². The fourth-order valence-corrected chi connectivity index (χ4v) is 1.43. The zero-order valence-electron chi connectivity index (χ0n) is 7.70. The molecule has 2 amide bonds. The molecule has 0 radical (unpaired) electrons. The van der Waals surface area contributed by atoms with Gasteiger partial charge in [-0.05, 0) is 12.2 Å². The minimum atomic E-state index is -0.543. The average molecular weight is 248 g/mol. The second kappa shape index (κ2) is 5.41. The molecule has 0 aromatic carbocycles. The molecule has 1 rings (SSSR count). The number of esters is 1. The molecule has 1 aromatic rings. The van der Waals surface area contributed by atoms with E-state index in [9.17, 15) is 9.59 Å². The molecule has 0 atom stereocenters. The van der Waals surface area contributed by atoms with Gasteiger partial charge in [-0.25, -0.2) is 4.79 Å². The third kappa shape index (κ3) is 4.04. The monoisotopic (exact) mass is 248 g/mol. The number of carbonyl (C=O) groups is 2. The molecule has 7 nitrogen and oxygen atoms in total. The lowest BCUT2D eigenvalue weighted by Crippen LogP contribution is -2.33. The van der Waals surface area contributed by atoms with E-state index in [0.717, 1.165) is 11.3 Å². The van der Waals surface area contributed by atoms with Gasteiger partial charge in [-0.15, -0.1) is 5.10 Å². The minimum absolute atomic E-state index is 0.196. The molecule has 9 heteroatoms. The number of ether oxygens (including phenoxy) is 1. The third-order valence-electron chi connectivity index (χ3n) is 1.28. The molecule has 3 N–H and O–H groups in total. The standard InChI is InChI=1S/C6H8N4O3S2/c1-13-3(11)2-7-4(12)8-5-9-10-6(14)15-5/h2H2,1H3,(H,10,14)(H2,7,8,9,12). The molecule has 0 aliphatic heterocycles. The van der Waals surface area contributed by atoms with Gasteiger partial charge in [0.15, 0.2) is 3.95 Å². The summed E-state index contributed by atoms with van der Waals surface area (Å²) in [7, 11) is 1.24. The molecule has 15 heavy (non-hydrogen) atoms. The predicted octanol–water partition coefficient (Wildman–Crippen LogP) is 0.495. The van der Waals surface area contributed by atoms with Crippen LogP contribution in [-0.4, -0.2) is 35.9 Å². The number of hydrogen-bond donors (Lipinski definition) is 3. The van der Waals surface area contributed by atoms with Crippen molar-refractivity contribution in [3.63, 3.8) is 0 Å². The van der Waals surface area contributed by atoms with Crippen molar-refractivity contribution >= 4 is 40.7 Å². The Kier molecular flexibility index (Phi) is 4.18. The van der Waals surface area contributed by atoms with Gasteiger partial charge in [-0.2, -0.15) is 0 Å². The molecule has 1 heterocycles. The first-order valence-corrected chi connectivity index (χ1v) is 5.01. The van der Waals surface area contributed by atoms with E-state index in [1.165, 1.54) is 7.11 Å². The first kappa shape index (κ1) is 11.6. The molecule has 0 saturated heterocycles. The predicted molar refractivity (Wildman–Crippen MR) is 56.3 cm³/mol. The van der Waals surface area contributed by atoms with Gasteiger partial charge in [0, 0.05) is 0 Å². The van der Waals surface area contributed by atoms with Crippen LogP contribution in [0.25, 0.3) is 0 Å². The SMILES string of the molecule is COC(=O)CNC(=O)Nc1n[nH]c(=S)s1. The van der Waals surface area contributed by atoms with Gasteiger partial charge in [0.25, 0.3) is 0 Å². The molecular weight excluding hydrogens is 240 g/mol. The zero-order valence-corrected chi connectivity index (χ0v) is 9.33. The summed E-state index contributed by atoms with van der Waals surface area (Å²) in [5.74, 6) is -0.528. The van der Waals surface area contributed by atoms with Gasteiger partial charge >= 0.3 is 12.0 Å². The number of aromatic amines is 1. The fraction of sp³-hybridized carbons (Fsp3) is 0.333. The Morgan fingerprint density at radius 1 is 1.67 bits per heavy atom. The fourth-order valence-electron chi connectivity index (χ4n) is 0.649. The zero-order chi connectivity index (χ0) is 11.3. The highest BCUT2D eigenvalue weighted by molar-refractivity contribution is 7.73. The number of nitrogens with one attached hydrogen (secondary N) is 3. The Hall–Kier alpha value is -1.48. The maximum Gasteiger partial charge on any atom is 0.325 e. The van der Waals surface area contributed by atoms with Gasteiger partial charge in [0.05, 0.1) is 7.11 Å². The quantitative estimate of drug-likeness (QED) is 0.534. The van der Waals surface area contributed by atoms with E-state index in [1.54, 1.807) is 0 Å². The summed E-state index contributed by atoms with van der Waals surface area (Å²) < 4.78 is 4.79. The summed E-state index contributed by atoms with van der Waals surface area (Å²) in [5.41, 5.74) is 0. The van der Waals surface area contributed by atoms with Crippen LogP contribution in [0.4, 0.5) is 9.93 Å². The van der Waals surface area contributed by atoms with E-state index >= 15 is 0 Å². The first-order valence-electron chi connectivity index (χ1n) is 3.79. The van der Waals surface area contributed by atoms with Crippen LogP contribution in [0.1, 0.15) is 0 Å². The topological polar surface area (TPSA) is 96.1 Å². The Morgan fingerprint density at radius 2 is 2.40 bits per heavy atom. The van der Waals surface area contributed by atoms with Crippen molar-refractivity contribution in [1.82, 2.24) is 15.5 Å². The highest BCUT2D eigenvalue weighted by Crippen LogP contribution is 2.09. The number of nitrogens with zero attached hydrogens (tertiary/aromatic N) is 1. The molecule has 0 unspecified atom stereocenters. The normalized spacial score (nSPS) is 9.40. The van der Waals surface area contributed by atoms with Gasteiger partial charge in [0.1, 0.15) is 6.54 Å². The van der Waals surface area contributed by atoms with Crippen molar-refractivity contribution in [3.05, 3.63) is 3.95 Å². The average Bonchev–Trinajstić information content (AvgIpc) is 2.60. The molecule has 1 aromatic heterocycles. The highest BCUT2D eigenvalue weighted by Gasteiger charge is 2.06. The lowest BCUT2D eigenvalue weighted by Gasteiger charge is -2.02. The molecule has 82 valence electrons. The van der Waals surface area contributed by atoms with E-state index < -0.39 is 12.0 Å². The van der Waals surface area contributed by atoms with E-state index in [0.29, 0.717) is 9.09 Å². The maximum atomic E-state index is 11.1. The summed E-state index contributed by atoms with van der Waals surface area (Å²) in [6, 6.07) is -0.543. The molecule has 0 aliphatic rings. The second-order valence-electron chi connectivity index (χ2n) is 2.30. The van der Waals surface area contributed by atoms with Crippen molar-refractivity contribution < 1.29 is 14.3 Å². The number of urea groups is 1. The van der Waals surface area contributed by atoms with E-state index in [2.05, 4.69) is 25.6 Å².